The zero-order chi connectivity index (χ0) is 23.9. The Labute approximate surface area is 193 Å². The van der Waals surface area contributed by atoms with Gasteiger partial charge in [-0.05, 0) is 72.9 Å². The molecule has 4 atom stereocenters. The van der Waals surface area contributed by atoms with Gasteiger partial charge >= 0.3 is 0 Å². The first-order valence-electron chi connectivity index (χ1n) is 12.1. The highest BCUT2D eigenvalue weighted by atomic mass is 19.1. The van der Waals surface area contributed by atoms with E-state index < -0.39 is 12.2 Å². The van der Waals surface area contributed by atoms with Crippen LogP contribution in [0.25, 0.3) is 0 Å². The lowest BCUT2D eigenvalue weighted by Crippen LogP contribution is -2.01. The minimum Gasteiger partial charge on any atom is -0.388 e. The highest BCUT2D eigenvalue weighted by Gasteiger charge is 2.11. The molecule has 2 rings (SSSR count). The number of benzene rings is 2. The maximum absolute atomic E-state index is 12.7. The third kappa shape index (κ3) is 11.7. The molecule has 32 heavy (non-hydrogen) atoms. The van der Waals surface area contributed by atoms with Crippen molar-refractivity contribution in [2.24, 2.45) is 11.8 Å². The Morgan fingerprint density at radius 1 is 0.562 bits per heavy atom. The van der Waals surface area contributed by atoms with Crippen LogP contribution >= 0.6 is 0 Å². The van der Waals surface area contributed by atoms with Crippen molar-refractivity contribution in [2.75, 3.05) is 0 Å². The zero-order valence-corrected chi connectivity index (χ0v) is 20.2. The van der Waals surface area contributed by atoms with Crippen molar-refractivity contribution in [2.45, 2.75) is 91.3 Å². The summed E-state index contributed by atoms with van der Waals surface area (Å²) in [5.74, 6) is 0.797. The average molecular weight is 449 g/mol. The fraction of sp³-hybridized carbons (Fsp3) is 0.571. The summed E-state index contributed by atoms with van der Waals surface area (Å²) >= 11 is 0. The molecule has 0 unspecified atom stereocenters. The van der Waals surface area contributed by atoms with Crippen molar-refractivity contribution in [3.63, 3.8) is 0 Å². The second-order valence-corrected chi connectivity index (χ2v) is 9.08. The Bertz CT molecular complexity index is 652. The van der Waals surface area contributed by atoms with Gasteiger partial charge in [0.2, 0.25) is 0 Å². The third-order valence-corrected chi connectivity index (χ3v) is 5.94. The molecule has 0 amide bonds. The van der Waals surface area contributed by atoms with Gasteiger partial charge in [-0.3, -0.25) is 0 Å². The lowest BCUT2D eigenvalue weighted by atomic mass is 9.96. The molecule has 0 fully saturated rings. The smallest absolute Gasteiger partial charge is 0.123 e. The number of rotatable bonds is 12. The molecular weight excluding hydrogens is 406 g/mol. The van der Waals surface area contributed by atoms with Gasteiger partial charge in [-0.15, -0.1) is 0 Å². The van der Waals surface area contributed by atoms with Gasteiger partial charge in [-0.25, -0.2) is 8.78 Å². The molecule has 0 aliphatic heterocycles. The van der Waals surface area contributed by atoms with Gasteiger partial charge in [-0.2, -0.15) is 0 Å². The van der Waals surface area contributed by atoms with Crippen LogP contribution in [0.3, 0.4) is 0 Å². The summed E-state index contributed by atoms with van der Waals surface area (Å²) in [5.41, 5.74) is 1.62. The lowest BCUT2D eigenvalue weighted by molar-refractivity contribution is 0.156. The molecule has 0 spiro atoms. The first kappa shape index (κ1) is 28.3. The molecule has 4 heteroatoms. The van der Waals surface area contributed by atoms with Gasteiger partial charge in [-0.1, -0.05) is 77.6 Å². The topological polar surface area (TPSA) is 40.5 Å². The predicted molar refractivity (Wildman–Crippen MR) is 129 cm³/mol. The summed E-state index contributed by atoms with van der Waals surface area (Å²) in [7, 11) is 0. The number of aliphatic hydroxyl groups is 2. The molecule has 0 saturated heterocycles. The second kappa shape index (κ2) is 15.9. The molecule has 0 radical (unpaired) electrons. The van der Waals surface area contributed by atoms with Crippen LogP contribution in [-0.4, -0.2) is 10.2 Å². The van der Waals surface area contributed by atoms with E-state index in [2.05, 4.69) is 27.7 Å². The molecule has 180 valence electrons. The zero-order valence-electron chi connectivity index (χ0n) is 20.2. The van der Waals surface area contributed by atoms with Gasteiger partial charge in [0.15, 0.2) is 0 Å². The van der Waals surface area contributed by atoms with Crippen LogP contribution in [-0.2, 0) is 0 Å². The standard InChI is InChI=1S/2C14H21FO/c2*1-3-4-11(2)5-10-14(16)12-6-8-13(15)9-7-12/h2*6-9,11,14,16H,3-5,10H2,1-2H3/t11-,14+;11-,14-/m10/s1. The van der Waals surface area contributed by atoms with E-state index in [1.807, 2.05) is 0 Å². The molecule has 0 heterocycles. The van der Waals surface area contributed by atoms with Crippen LogP contribution in [0, 0.1) is 23.5 Å². The van der Waals surface area contributed by atoms with Crippen molar-refractivity contribution in [3.8, 4) is 0 Å². The van der Waals surface area contributed by atoms with Crippen molar-refractivity contribution >= 4 is 0 Å². The molecule has 0 saturated carbocycles. The van der Waals surface area contributed by atoms with Crippen LogP contribution < -0.4 is 0 Å². The molecule has 2 aromatic rings. The molecule has 0 aliphatic rings. The quantitative estimate of drug-likeness (QED) is 0.344. The first-order valence-corrected chi connectivity index (χ1v) is 12.1. The molecule has 0 aromatic heterocycles. The van der Waals surface area contributed by atoms with E-state index in [0.29, 0.717) is 11.8 Å². The van der Waals surface area contributed by atoms with Gasteiger partial charge in [0.1, 0.15) is 11.6 Å². The van der Waals surface area contributed by atoms with Crippen molar-refractivity contribution in [1.29, 1.82) is 0 Å². The van der Waals surface area contributed by atoms with Crippen molar-refractivity contribution < 1.29 is 19.0 Å². The van der Waals surface area contributed by atoms with Gasteiger partial charge in [0.25, 0.3) is 0 Å². The van der Waals surface area contributed by atoms with Crippen LogP contribution in [0.5, 0.6) is 0 Å². The average Bonchev–Trinajstić information content (AvgIpc) is 2.77. The maximum atomic E-state index is 12.7. The summed E-state index contributed by atoms with van der Waals surface area (Å²) in [5, 5.41) is 19.8. The molecule has 2 aromatic carbocycles. The van der Waals surface area contributed by atoms with Gasteiger partial charge in [0.05, 0.1) is 12.2 Å². The van der Waals surface area contributed by atoms with Crippen LogP contribution in [0.4, 0.5) is 8.78 Å². The highest BCUT2D eigenvalue weighted by molar-refractivity contribution is 5.19. The summed E-state index contributed by atoms with van der Waals surface area (Å²) in [4.78, 5) is 0. The Hall–Kier alpha value is -1.78. The fourth-order valence-corrected chi connectivity index (χ4v) is 3.86. The van der Waals surface area contributed by atoms with Crippen LogP contribution in [0.15, 0.2) is 48.5 Å². The number of halogens is 2. The van der Waals surface area contributed by atoms with E-state index in [9.17, 15) is 19.0 Å². The fourth-order valence-electron chi connectivity index (χ4n) is 3.86. The SMILES string of the molecule is CCC[C@@H](C)CC[C@H](O)c1ccc(F)cc1.CCC[C@H](C)CC[C@H](O)c1ccc(F)cc1. The first-order chi connectivity index (χ1) is 15.3. The van der Waals surface area contributed by atoms with Crippen LogP contribution in [0.2, 0.25) is 0 Å². The minimum absolute atomic E-state index is 0.254. The largest absolute Gasteiger partial charge is 0.388 e. The lowest BCUT2D eigenvalue weighted by Gasteiger charge is -2.14. The molecule has 0 bridgehead atoms. The Morgan fingerprint density at radius 3 is 1.16 bits per heavy atom. The maximum Gasteiger partial charge on any atom is 0.123 e. The van der Waals surface area contributed by atoms with Gasteiger partial charge < -0.3 is 10.2 Å². The number of hydrogen-bond acceptors (Lipinski definition) is 2. The second-order valence-electron chi connectivity index (χ2n) is 9.08. The van der Waals surface area contributed by atoms with E-state index >= 15 is 0 Å². The summed E-state index contributed by atoms with van der Waals surface area (Å²) in [6.45, 7) is 8.77. The summed E-state index contributed by atoms with van der Waals surface area (Å²) in [6.07, 6.45) is 7.42. The van der Waals surface area contributed by atoms with E-state index in [1.54, 1.807) is 24.3 Å². The summed E-state index contributed by atoms with van der Waals surface area (Å²) in [6, 6.07) is 12.2. The predicted octanol–water partition coefficient (Wildman–Crippen LogP) is 8.15. The Kier molecular flexibility index (Phi) is 14.1. The number of aliphatic hydroxyl groups excluding tert-OH is 2. The van der Waals surface area contributed by atoms with E-state index in [4.69, 9.17) is 0 Å². The Balaban J connectivity index is 0.000000320. The molecular formula is C28H42F2O2. The molecule has 0 aliphatic carbocycles. The van der Waals surface area contributed by atoms with Crippen molar-refractivity contribution in [1.82, 2.24) is 0 Å². The molecule has 2 N–H and O–H groups in total. The molecule has 2 nitrogen and oxygen atoms in total. The van der Waals surface area contributed by atoms with E-state index in [1.165, 1.54) is 49.9 Å². The minimum atomic E-state index is -0.458. The van der Waals surface area contributed by atoms with Crippen LogP contribution in [0.1, 0.15) is 102 Å². The highest BCUT2D eigenvalue weighted by Crippen LogP contribution is 2.24. The normalized spacial score (nSPS) is 14.8. The van der Waals surface area contributed by atoms with Gasteiger partial charge in [0, 0.05) is 0 Å². The summed E-state index contributed by atoms with van der Waals surface area (Å²) < 4.78 is 25.4. The van der Waals surface area contributed by atoms with E-state index in [-0.39, 0.29) is 11.6 Å². The Morgan fingerprint density at radius 2 is 0.875 bits per heavy atom. The number of hydrogen-bond donors (Lipinski definition) is 2. The monoisotopic (exact) mass is 448 g/mol. The van der Waals surface area contributed by atoms with Crippen molar-refractivity contribution in [3.05, 3.63) is 71.3 Å². The van der Waals surface area contributed by atoms with E-state index in [0.717, 1.165) is 36.8 Å². The third-order valence-electron chi connectivity index (χ3n) is 5.94.